The molecule has 0 aliphatic heterocycles. The van der Waals surface area contributed by atoms with Crippen LogP contribution in [0, 0.1) is 0 Å². The van der Waals surface area contributed by atoms with Crippen molar-refractivity contribution in [2.24, 2.45) is 0 Å². The Kier molecular flexibility index (Phi) is 5.29. The van der Waals surface area contributed by atoms with Gasteiger partial charge in [-0.1, -0.05) is 50.2 Å². The molecule has 0 saturated carbocycles. The van der Waals surface area contributed by atoms with E-state index in [2.05, 4.69) is 9.71 Å². The molecule has 0 fully saturated rings. The number of hydrogen-bond donors (Lipinski definition) is 1. The maximum absolute atomic E-state index is 12.9. The molecule has 1 N–H and O–H groups in total. The molecule has 1 aromatic heterocycles. The lowest BCUT2D eigenvalue weighted by Crippen LogP contribution is -2.14. The number of benzene rings is 2. The van der Waals surface area contributed by atoms with E-state index in [1.807, 2.05) is 55.6 Å². The molecule has 0 aliphatic rings. The van der Waals surface area contributed by atoms with Crippen molar-refractivity contribution in [3.05, 3.63) is 59.5 Å². The van der Waals surface area contributed by atoms with E-state index < -0.39 is 10.0 Å². The molecule has 0 aliphatic carbocycles. The first kappa shape index (κ1) is 18.4. The molecule has 0 bridgehead atoms. The molecule has 3 rings (SSSR count). The maximum atomic E-state index is 12.9. The van der Waals surface area contributed by atoms with E-state index in [-0.39, 0.29) is 10.8 Å². The van der Waals surface area contributed by atoms with Crippen LogP contribution >= 0.6 is 11.3 Å². The van der Waals surface area contributed by atoms with E-state index in [0.717, 1.165) is 16.8 Å². The molecular formula is C19H20N2O3S2. The normalized spacial score (nSPS) is 11.5. The fourth-order valence-corrected chi connectivity index (χ4v) is 4.67. The molecule has 136 valence electrons. The molecule has 0 unspecified atom stereocenters. The second-order valence-corrected chi connectivity index (χ2v) is 8.58. The number of thiazole rings is 1. The third-order valence-electron chi connectivity index (χ3n) is 3.94. The minimum Gasteiger partial charge on any atom is -0.495 e. The fourth-order valence-electron chi connectivity index (χ4n) is 2.49. The number of anilines is 1. The Morgan fingerprint density at radius 2 is 1.85 bits per heavy atom. The van der Waals surface area contributed by atoms with Crippen molar-refractivity contribution in [3.63, 3.8) is 0 Å². The molecular weight excluding hydrogens is 368 g/mol. The van der Waals surface area contributed by atoms with Gasteiger partial charge in [0.25, 0.3) is 10.0 Å². The van der Waals surface area contributed by atoms with Gasteiger partial charge in [-0.2, -0.15) is 0 Å². The Labute approximate surface area is 157 Å². The van der Waals surface area contributed by atoms with Gasteiger partial charge in [-0.05, 0) is 23.6 Å². The summed E-state index contributed by atoms with van der Waals surface area (Å²) in [6.07, 6.45) is 0. The zero-order chi connectivity index (χ0) is 18.7. The van der Waals surface area contributed by atoms with Crippen molar-refractivity contribution in [2.75, 3.05) is 11.8 Å². The topological polar surface area (TPSA) is 68.3 Å². The summed E-state index contributed by atoms with van der Waals surface area (Å²) >= 11 is 1.25. The number of sulfonamides is 1. The highest BCUT2D eigenvalue weighted by Crippen LogP contribution is 2.31. The zero-order valence-electron chi connectivity index (χ0n) is 14.8. The first-order valence-electron chi connectivity index (χ1n) is 8.12. The minimum atomic E-state index is -3.81. The van der Waals surface area contributed by atoms with Crippen LogP contribution < -0.4 is 9.46 Å². The van der Waals surface area contributed by atoms with Crippen LogP contribution in [-0.2, 0) is 10.0 Å². The van der Waals surface area contributed by atoms with E-state index in [1.54, 1.807) is 12.1 Å². The summed E-state index contributed by atoms with van der Waals surface area (Å²) in [5, 5.41) is 2.15. The molecule has 0 amide bonds. The number of nitrogens with zero attached hydrogens (tertiary/aromatic N) is 1. The summed E-state index contributed by atoms with van der Waals surface area (Å²) in [5.41, 5.74) is 2.60. The summed E-state index contributed by atoms with van der Waals surface area (Å²) < 4.78 is 33.6. The Hall–Kier alpha value is -2.38. The molecule has 1 heterocycles. The standard InChI is InChI=1S/C19H20N2O3S2/c1-13(2)15-9-10-17(24-3)18(11-15)26(22,23)21-19-20-16(12-25-19)14-7-5-4-6-8-14/h4-13H,1-3H3,(H,20,21). The van der Waals surface area contributed by atoms with Gasteiger partial charge in [-0.25, -0.2) is 13.4 Å². The largest absolute Gasteiger partial charge is 0.495 e. The Morgan fingerprint density at radius 3 is 2.50 bits per heavy atom. The van der Waals surface area contributed by atoms with Gasteiger partial charge in [-0.3, -0.25) is 4.72 Å². The minimum absolute atomic E-state index is 0.114. The number of ether oxygens (including phenoxy) is 1. The fraction of sp³-hybridized carbons (Fsp3) is 0.211. The quantitative estimate of drug-likeness (QED) is 0.662. The van der Waals surface area contributed by atoms with Crippen LogP contribution in [-0.4, -0.2) is 20.5 Å². The zero-order valence-corrected chi connectivity index (χ0v) is 16.4. The summed E-state index contributed by atoms with van der Waals surface area (Å²) in [4.78, 5) is 4.51. The Bertz CT molecular complexity index is 997. The van der Waals surface area contributed by atoms with Crippen LogP contribution in [0.5, 0.6) is 5.75 Å². The van der Waals surface area contributed by atoms with Gasteiger partial charge in [0.2, 0.25) is 0 Å². The highest BCUT2D eigenvalue weighted by atomic mass is 32.2. The van der Waals surface area contributed by atoms with Gasteiger partial charge < -0.3 is 4.74 Å². The highest BCUT2D eigenvalue weighted by molar-refractivity contribution is 7.93. The van der Waals surface area contributed by atoms with Crippen molar-refractivity contribution >= 4 is 26.5 Å². The van der Waals surface area contributed by atoms with E-state index >= 15 is 0 Å². The maximum Gasteiger partial charge on any atom is 0.267 e. The van der Waals surface area contributed by atoms with Crippen LogP contribution in [0.25, 0.3) is 11.3 Å². The van der Waals surface area contributed by atoms with Crippen LogP contribution in [0.3, 0.4) is 0 Å². The summed E-state index contributed by atoms with van der Waals surface area (Å²) in [6.45, 7) is 4.02. The predicted molar refractivity (Wildman–Crippen MR) is 105 cm³/mol. The SMILES string of the molecule is COc1ccc(C(C)C)cc1S(=O)(=O)Nc1nc(-c2ccccc2)cs1. The summed E-state index contributed by atoms with van der Waals surface area (Å²) in [5.74, 6) is 0.515. The van der Waals surface area contributed by atoms with Gasteiger partial charge in [0, 0.05) is 10.9 Å². The van der Waals surface area contributed by atoms with Gasteiger partial charge in [0.1, 0.15) is 10.6 Å². The monoisotopic (exact) mass is 388 g/mol. The molecule has 5 nitrogen and oxygen atoms in total. The average Bonchev–Trinajstić information content (AvgIpc) is 3.09. The van der Waals surface area contributed by atoms with E-state index in [4.69, 9.17) is 4.74 Å². The van der Waals surface area contributed by atoms with Gasteiger partial charge >= 0.3 is 0 Å². The predicted octanol–water partition coefficient (Wildman–Crippen LogP) is 4.74. The van der Waals surface area contributed by atoms with E-state index in [0.29, 0.717) is 10.9 Å². The number of rotatable bonds is 6. The molecule has 0 spiro atoms. The third kappa shape index (κ3) is 3.89. The Morgan fingerprint density at radius 1 is 1.12 bits per heavy atom. The summed E-state index contributed by atoms with van der Waals surface area (Å²) in [6, 6.07) is 14.8. The number of aromatic nitrogens is 1. The molecule has 2 aromatic carbocycles. The number of methoxy groups -OCH3 is 1. The lowest BCUT2D eigenvalue weighted by Gasteiger charge is -2.13. The van der Waals surface area contributed by atoms with Crippen LogP contribution in [0.2, 0.25) is 0 Å². The molecule has 7 heteroatoms. The lowest BCUT2D eigenvalue weighted by molar-refractivity contribution is 0.402. The summed E-state index contributed by atoms with van der Waals surface area (Å²) in [7, 11) is -2.35. The second kappa shape index (κ2) is 7.47. The van der Waals surface area contributed by atoms with Crippen molar-refractivity contribution in [1.82, 2.24) is 4.98 Å². The second-order valence-electron chi connectivity index (χ2n) is 6.07. The van der Waals surface area contributed by atoms with E-state index in [9.17, 15) is 8.42 Å². The molecule has 0 radical (unpaired) electrons. The molecule has 26 heavy (non-hydrogen) atoms. The van der Waals surface area contributed by atoms with Crippen molar-refractivity contribution < 1.29 is 13.2 Å². The number of nitrogens with one attached hydrogen (secondary N) is 1. The first-order valence-corrected chi connectivity index (χ1v) is 10.5. The van der Waals surface area contributed by atoms with Gasteiger partial charge in [0.15, 0.2) is 5.13 Å². The van der Waals surface area contributed by atoms with Crippen LogP contribution in [0.1, 0.15) is 25.3 Å². The molecule has 0 saturated heterocycles. The highest BCUT2D eigenvalue weighted by Gasteiger charge is 2.22. The van der Waals surface area contributed by atoms with Crippen LogP contribution in [0.15, 0.2) is 58.8 Å². The molecule has 3 aromatic rings. The average molecular weight is 389 g/mol. The van der Waals surface area contributed by atoms with Gasteiger partial charge in [-0.15, -0.1) is 11.3 Å². The molecule has 0 atom stereocenters. The Balaban J connectivity index is 1.93. The first-order chi connectivity index (χ1) is 12.4. The van der Waals surface area contributed by atoms with E-state index in [1.165, 1.54) is 18.4 Å². The third-order valence-corrected chi connectivity index (χ3v) is 6.19. The van der Waals surface area contributed by atoms with Gasteiger partial charge in [0.05, 0.1) is 12.8 Å². The smallest absolute Gasteiger partial charge is 0.267 e. The van der Waals surface area contributed by atoms with Crippen molar-refractivity contribution in [2.45, 2.75) is 24.7 Å². The number of hydrogen-bond acceptors (Lipinski definition) is 5. The van der Waals surface area contributed by atoms with Crippen LogP contribution in [0.4, 0.5) is 5.13 Å². The van der Waals surface area contributed by atoms with Crippen molar-refractivity contribution in [1.29, 1.82) is 0 Å². The lowest BCUT2D eigenvalue weighted by atomic mass is 10.0. The van der Waals surface area contributed by atoms with Crippen molar-refractivity contribution in [3.8, 4) is 17.0 Å².